The van der Waals surface area contributed by atoms with Crippen LogP contribution in [0.5, 0.6) is 17.2 Å². The van der Waals surface area contributed by atoms with Gasteiger partial charge >= 0.3 is 0 Å². The molecule has 0 saturated heterocycles. The van der Waals surface area contributed by atoms with Crippen molar-refractivity contribution in [1.82, 2.24) is 14.8 Å². The van der Waals surface area contributed by atoms with Crippen molar-refractivity contribution in [1.29, 1.82) is 0 Å². The fraction of sp³-hybridized carbons (Fsp3) is 0.160. The normalized spacial score (nSPS) is 10.6. The molecule has 0 aliphatic carbocycles. The molecule has 4 rings (SSSR count). The minimum absolute atomic E-state index is 0.144. The van der Waals surface area contributed by atoms with Crippen molar-refractivity contribution >= 4 is 23.4 Å². The monoisotopic (exact) mass is 476 g/mol. The molecule has 0 bridgehead atoms. The number of methoxy groups -OCH3 is 3. The Labute approximate surface area is 201 Å². The van der Waals surface area contributed by atoms with Gasteiger partial charge in [0.05, 0.1) is 32.6 Å². The predicted molar refractivity (Wildman–Crippen MR) is 132 cm³/mol. The molecule has 0 aliphatic heterocycles. The quantitative estimate of drug-likeness (QED) is 0.351. The second-order valence-electron chi connectivity index (χ2n) is 7.08. The average Bonchev–Trinajstić information content (AvgIpc) is 3.31. The van der Waals surface area contributed by atoms with Crippen LogP contribution in [0.1, 0.15) is 0 Å². The van der Waals surface area contributed by atoms with E-state index < -0.39 is 0 Å². The molecule has 1 heterocycles. The van der Waals surface area contributed by atoms with Crippen LogP contribution in [0.4, 0.5) is 5.69 Å². The van der Waals surface area contributed by atoms with Gasteiger partial charge in [-0.25, -0.2) is 0 Å². The number of hydrogen-bond acceptors (Lipinski definition) is 7. The lowest BCUT2D eigenvalue weighted by Gasteiger charge is -2.13. The molecular formula is C25H24N4O4S. The van der Waals surface area contributed by atoms with Crippen LogP contribution < -0.4 is 19.5 Å². The van der Waals surface area contributed by atoms with Gasteiger partial charge in [0.2, 0.25) is 5.91 Å². The zero-order valence-corrected chi connectivity index (χ0v) is 19.8. The van der Waals surface area contributed by atoms with Crippen molar-refractivity contribution in [3.63, 3.8) is 0 Å². The highest BCUT2D eigenvalue weighted by molar-refractivity contribution is 7.99. The van der Waals surface area contributed by atoms with E-state index in [1.165, 1.54) is 11.8 Å². The van der Waals surface area contributed by atoms with Crippen molar-refractivity contribution in [2.75, 3.05) is 32.4 Å². The number of nitrogens with zero attached hydrogens (tertiary/aromatic N) is 3. The molecule has 0 atom stereocenters. The Balaban J connectivity index is 1.58. The van der Waals surface area contributed by atoms with Gasteiger partial charge in [-0.3, -0.25) is 9.36 Å². The summed E-state index contributed by atoms with van der Waals surface area (Å²) in [5, 5.41) is 12.3. The third-order valence-electron chi connectivity index (χ3n) is 5.00. The van der Waals surface area contributed by atoms with Crippen molar-refractivity contribution in [3.8, 4) is 34.3 Å². The molecule has 1 N–H and O–H groups in total. The molecule has 0 radical (unpaired) electrons. The lowest BCUT2D eigenvalue weighted by Crippen LogP contribution is -2.14. The number of thioether (sulfide) groups is 1. The largest absolute Gasteiger partial charge is 0.496 e. The number of anilines is 1. The van der Waals surface area contributed by atoms with E-state index in [-0.39, 0.29) is 11.7 Å². The van der Waals surface area contributed by atoms with E-state index >= 15 is 0 Å². The van der Waals surface area contributed by atoms with Gasteiger partial charge in [0.25, 0.3) is 0 Å². The second kappa shape index (κ2) is 10.8. The molecule has 0 saturated carbocycles. The van der Waals surface area contributed by atoms with Crippen molar-refractivity contribution in [2.24, 2.45) is 0 Å². The number of amides is 1. The van der Waals surface area contributed by atoms with E-state index in [9.17, 15) is 4.79 Å². The molecule has 0 spiro atoms. The molecular weight excluding hydrogens is 452 g/mol. The number of ether oxygens (including phenoxy) is 3. The minimum Gasteiger partial charge on any atom is -0.496 e. The minimum atomic E-state index is -0.182. The number of carbonyl (C=O) groups is 1. The number of aromatic nitrogens is 3. The van der Waals surface area contributed by atoms with Gasteiger partial charge in [-0.15, -0.1) is 10.2 Å². The summed E-state index contributed by atoms with van der Waals surface area (Å²) < 4.78 is 18.0. The number of nitrogens with one attached hydrogen (secondary N) is 1. The summed E-state index contributed by atoms with van der Waals surface area (Å²) in [5.41, 5.74) is 2.31. The number of carbonyl (C=O) groups excluding carboxylic acids is 1. The van der Waals surface area contributed by atoms with Gasteiger partial charge in [-0.05, 0) is 36.4 Å². The first-order valence-corrected chi connectivity index (χ1v) is 11.4. The second-order valence-corrected chi connectivity index (χ2v) is 8.03. The Hall–Kier alpha value is -3.98. The Morgan fingerprint density at radius 1 is 0.853 bits per heavy atom. The molecule has 0 fully saturated rings. The van der Waals surface area contributed by atoms with Gasteiger partial charge in [0.15, 0.2) is 22.5 Å². The van der Waals surface area contributed by atoms with Crippen LogP contribution in [-0.4, -0.2) is 47.8 Å². The summed E-state index contributed by atoms with van der Waals surface area (Å²) in [5.74, 6) is 2.42. The Bertz CT molecular complexity index is 1280. The molecule has 0 aliphatic rings. The van der Waals surface area contributed by atoms with Gasteiger partial charge in [-0.1, -0.05) is 42.1 Å². The highest BCUT2D eigenvalue weighted by atomic mass is 32.2. The standard InChI is InChI=1S/C25H24N4O4S/c1-31-20-12-8-7-11-19(20)24-27-28-25(29(24)18-9-5-4-6-10-18)34-16-23(30)26-17-13-14-21(32-2)22(15-17)33-3/h4-15H,16H2,1-3H3,(H,26,30). The molecule has 1 amide bonds. The van der Waals surface area contributed by atoms with Gasteiger partial charge in [0, 0.05) is 17.4 Å². The van der Waals surface area contributed by atoms with Crippen LogP contribution in [0.15, 0.2) is 78.0 Å². The third-order valence-corrected chi connectivity index (χ3v) is 5.92. The highest BCUT2D eigenvalue weighted by Gasteiger charge is 2.19. The first-order chi connectivity index (χ1) is 16.6. The van der Waals surface area contributed by atoms with Crippen LogP contribution in [0.25, 0.3) is 17.1 Å². The maximum Gasteiger partial charge on any atom is 0.234 e. The first kappa shape index (κ1) is 23.2. The maximum atomic E-state index is 12.7. The SMILES string of the molecule is COc1ccc(NC(=O)CSc2nnc(-c3ccccc3OC)n2-c2ccccc2)cc1OC. The summed E-state index contributed by atoms with van der Waals surface area (Å²) in [6.07, 6.45) is 0. The zero-order valence-electron chi connectivity index (χ0n) is 19.0. The summed E-state index contributed by atoms with van der Waals surface area (Å²) in [6, 6.07) is 22.6. The summed E-state index contributed by atoms with van der Waals surface area (Å²) >= 11 is 1.30. The Kier molecular flexibility index (Phi) is 7.34. The van der Waals surface area contributed by atoms with Crippen LogP contribution >= 0.6 is 11.8 Å². The number of rotatable bonds is 9. The van der Waals surface area contributed by atoms with E-state index in [4.69, 9.17) is 14.2 Å². The molecule has 34 heavy (non-hydrogen) atoms. The number of hydrogen-bond donors (Lipinski definition) is 1. The zero-order chi connectivity index (χ0) is 23.9. The molecule has 3 aromatic carbocycles. The van der Waals surface area contributed by atoms with Crippen LogP contribution in [0.3, 0.4) is 0 Å². The topological polar surface area (TPSA) is 87.5 Å². The lowest BCUT2D eigenvalue weighted by molar-refractivity contribution is -0.113. The fourth-order valence-corrected chi connectivity index (χ4v) is 4.17. The van der Waals surface area contributed by atoms with Crippen LogP contribution in [-0.2, 0) is 4.79 Å². The summed E-state index contributed by atoms with van der Waals surface area (Å²) in [4.78, 5) is 12.7. The average molecular weight is 477 g/mol. The maximum absolute atomic E-state index is 12.7. The van der Waals surface area contributed by atoms with Crippen LogP contribution in [0.2, 0.25) is 0 Å². The first-order valence-electron chi connectivity index (χ1n) is 10.4. The van der Waals surface area contributed by atoms with Gasteiger partial charge < -0.3 is 19.5 Å². The molecule has 8 nitrogen and oxygen atoms in total. The molecule has 4 aromatic rings. The van der Waals surface area contributed by atoms with Crippen molar-refractivity contribution < 1.29 is 19.0 Å². The predicted octanol–water partition coefficient (Wildman–Crippen LogP) is 4.69. The van der Waals surface area contributed by atoms with Gasteiger partial charge in [0.1, 0.15) is 5.75 Å². The number of benzene rings is 3. The molecule has 174 valence electrons. The molecule has 1 aromatic heterocycles. The summed E-state index contributed by atoms with van der Waals surface area (Å²) in [6.45, 7) is 0. The Morgan fingerprint density at radius 3 is 2.29 bits per heavy atom. The molecule has 0 unspecified atom stereocenters. The van der Waals surface area contributed by atoms with Crippen LogP contribution in [0, 0.1) is 0 Å². The highest BCUT2D eigenvalue weighted by Crippen LogP contribution is 2.33. The lowest BCUT2D eigenvalue weighted by atomic mass is 10.2. The van der Waals surface area contributed by atoms with E-state index in [1.807, 2.05) is 59.2 Å². The molecule has 9 heteroatoms. The van der Waals surface area contributed by atoms with Crippen molar-refractivity contribution in [3.05, 3.63) is 72.8 Å². The Morgan fingerprint density at radius 2 is 1.56 bits per heavy atom. The van der Waals surface area contributed by atoms with Gasteiger partial charge in [-0.2, -0.15) is 0 Å². The smallest absolute Gasteiger partial charge is 0.234 e. The summed E-state index contributed by atoms with van der Waals surface area (Å²) in [7, 11) is 4.74. The van der Waals surface area contributed by atoms with Crippen molar-refractivity contribution in [2.45, 2.75) is 5.16 Å². The van der Waals surface area contributed by atoms with E-state index in [1.54, 1.807) is 39.5 Å². The third kappa shape index (κ3) is 4.99. The van der Waals surface area contributed by atoms with E-state index in [2.05, 4.69) is 15.5 Å². The number of para-hydroxylation sites is 2. The van der Waals surface area contributed by atoms with E-state index in [0.717, 1.165) is 11.3 Å². The fourth-order valence-electron chi connectivity index (χ4n) is 3.42. The van der Waals surface area contributed by atoms with E-state index in [0.29, 0.717) is 33.9 Å².